The Bertz CT molecular complexity index is 569. The third kappa shape index (κ3) is 7.56. The quantitative estimate of drug-likeness (QED) is 0.242. The number of unbranched alkanes of at least 4 members (excludes halogenated alkanes) is 7. The van der Waals surface area contributed by atoms with E-state index in [0.29, 0.717) is 6.42 Å². The lowest BCUT2D eigenvalue weighted by Gasteiger charge is -2.05. The molecule has 0 amide bonds. The van der Waals surface area contributed by atoms with Crippen LogP contribution in [0.25, 0.3) is 0 Å². The van der Waals surface area contributed by atoms with Gasteiger partial charge in [0.1, 0.15) is 0 Å². The van der Waals surface area contributed by atoms with E-state index in [2.05, 4.69) is 6.92 Å². The maximum Gasteiger partial charge on any atom is 0.296 e. The SMILES string of the molecule is CCCCCCCCCCOS(=O)(=O)c1ccc([N+](=O)[O-])cc1. The van der Waals surface area contributed by atoms with Gasteiger partial charge in [-0.25, -0.2) is 0 Å². The van der Waals surface area contributed by atoms with Crippen molar-refractivity contribution in [2.24, 2.45) is 0 Å². The molecule has 1 rings (SSSR count). The largest absolute Gasteiger partial charge is 0.296 e. The van der Waals surface area contributed by atoms with Gasteiger partial charge in [-0.15, -0.1) is 0 Å². The van der Waals surface area contributed by atoms with Gasteiger partial charge in [-0.2, -0.15) is 8.42 Å². The number of nitrogens with zero attached hydrogens (tertiary/aromatic N) is 1. The molecule has 1 aromatic rings. The Morgan fingerprint density at radius 2 is 1.48 bits per heavy atom. The molecule has 0 heterocycles. The third-order valence-corrected chi connectivity index (χ3v) is 4.90. The minimum absolute atomic E-state index is 0.0531. The van der Waals surface area contributed by atoms with Crippen LogP contribution in [0.4, 0.5) is 5.69 Å². The molecule has 0 bridgehead atoms. The van der Waals surface area contributed by atoms with Gasteiger partial charge in [0.2, 0.25) is 0 Å². The summed E-state index contributed by atoms with van der Waals surface area (Å²) < 4.78 is 28.8. The first-order valence-electron chi connectivity index (χ1n) is 8.11. The number of nitro groups is 1. The fraction of sp³-hybridized carbons (Fsp3) is 0.625. The van der Waals surface area contributed by atoms with Gasteiger partial charge < -0.3 is 0 Å². The molecule has 0 saturated carbocycles. The molecule has 0 aliphatic heterocycles. The fourth-order valence-corrected chi connectivity index (χ4v) is 3.15. The summed E-state index contributed by atoms with van der Waals surface area (Å²) in [6, 6.07) is 4.71. The molecule has 23 heavy (non-hydrogen) atoms. The van der Waals surface area contributed by atoms with E-state index in [4.69, 9.17) is 4.18 Å². The van der Waals surface area contributed by atoms with Crippen LogP contribution in [0.2, 0.25) is 0 Å². The molecule has 0 aromatic heterocycles. The van der Waals surface area contributed by atoms with Crippen LogP contribution in [0.3, 0.4) is 0 Å². The lowest BCUT2D eigenvalue weighted by molar-refractivity contribution is -0.384. The smallest absolute Gasteiger partial charge is 0.266 e. The zero-order chi connectivity index (χ0) is 17.1. The predicted octanol–water partition coefficient (Wildman–Crippen LogP) is 4.44. The van der Waals surface area contributed by atoms with Crippen molar-refractivity contribution in [2.75, 3.05) is 6.61 Å². The second kappa shape index (κ2) is 10.3. The Morgan fingerprint density at radius 3 is 2.00 bits per heavy atom. The molecule has 7 heteroatoms. The summed E-state index contributed by atoms with van der Waals surface area (Å²) in [5, 5.41) is 10.5. The van der Waals surface area contributed by atoms with Crippen LogP contribution in [-0.4, -0.2) is 19.9 Å². The van der Waals surface area contributed by atoms with E-state index in [-0.39, 0.29) is 17.2 Å². The predicted molar refractivity (Wildman–Crippen MR) is 88.8 cm³/mol. The maximum atomic E-state index is 11.9. The molecule has 0 unspecified atom stereocenters. The van der Waals surface area contributed by atoms with E-state index in [9.17, 15) is 18.5 Å². The Kier molecular flexibility index (Phi) is 8.79. The number of hydrogen-bond acceptors (Lipinski definition) is 5. The van der Waals surface area contributed by atoms with E-state index in [0.717, 1.165) is 25.0 Å². The molecule has 0 saturated heterocycles. The Balaban J connectivity index is 2.26. The molecule has 0 spiro atoms. The minimum atomic E-state index is -3.83. The maximum absolute atomic E-state index is 11.9. The van der Waals surface area contributed by atoms with E-state index in [1.54, 1.807) is 0 Å². The first-order chi connectivity index (χ1) is 11.0. The topological polar surface area (TPSA) is 86.5 Å². The lowest BCUT2D eigenvalue weighted by Crippen LogP contribution is -2.07. The summed E-state index contributed by atoms with van der Waals surface area (Å²) in [4.78, 5) is 9.92. The first kappa shape index (κ1) is 19.6. The van der Waals surface area contributed by atoms with Gasteiger partial charge in [0.15, 0.2) is 0 Å². The number of hydrogen-bond donors (Lipinski definition) is 0. The summed E-state index contributed by atoms with van der Waals surface area (Å²) in [5.41, 5.74) is -0.146. The van der Waals surface area contributed by atoms with Gasteiger partial charge in [-0.05, 0) is 18.6 Å². The summed E-state index contributed by atoms with van der Waals surface area (Å²) >= 11 is 0. The van der Waals surface area contributed by atoms with Crippen molar-refractivity contribution in [3.63, 3.8) is 0 Å². The molecule has 130 valence electrons. The Hall–Kier alpha value is -1.47. The standard InChI is InChI=1S/C16H25NO5S/c1-2-3-4-5-6-7-8-9-14-22-23(20,21)16-12-10-15(11-13-16)17(18)19/h10-13H,2-9,14H2,1H3. The van der Waals surface area contributed by atoms with Crippen molar-refractivity contribution in [3.05, 3.63) is 34.4 Å². The fourth-order valence-electron chi connectivity index (χ4n) is 2.21. The number of rotatable bonds is 12. The number of nitro benzene ring substituents is 1. The molecule has 0 atom stereocenters. The molecular formula is C16H25NO5S. The van der Waals surface area contributed by atoms with Crippen LogP contribution in [-0.2, 0) is 14.3 Å². The molecular weight excluding hydrogens is 318 g/mol. The van der Waals surface area contributed by atoms with Gasteiger partial charge in [-0.3, -0.25) is 14.3 Å². The van der Waals surface area contributed by atoms with Crippen LogP contribution in [0.15, 0.2) is 29.2 Å². The minimum Gasteiger partial charge on any atom is -0.266 e. The summed E-state index contributed by atoms with van der Waals surface area (Å²) in [6.07, 6.45) is 8.91. The van der Waals surface area contributed by atoms with Crippen LogP contribution >= 0.6 is 0 Å². The van der Waals surface area contributed by atoms with Crippen LogP contribution < -0.4 is 0 Å². The van der Waals surface area contributed by atoms with Gasteiger partial charge in [-0.1, -0.05) is 51.9 Å². The lowest BCUT2D eigenvalue weighted by atomic mass is 10.1. The zero-order valence-electron chi connectivity index (χ0n) is 13.6. The Labute approximate surface area is 138 Å². The highest BCUT2D eigenvalue weighted by Crippen LogP contribution is 2.18. The van der Waals surface area contributed by atoms with Crippen molar-refractivity contribution < 1.29 is 17.5 Å². The molecule has 0 fully saturated rings. The molecule has 0 aliphatic carbocycles. The molecule has 0 radical (unpaired) electrons. The zero-order valence-corrected chi connectivity index (χ0v) is 14.4. The third-order valence-electron chi connectivity index (χ3n) is 3.57. The first-order valence-corrected chi connectivity index (χ1v) is 9.52. The second-order valence-electron chi connectivity index (χ2n) is 5.50. The van der Waals surface area contributed by atoms with Gasteiger partial charge in [0.05, 0.1) is 16.4 Å². The van der Waals surface area contributed by atoms with Crippen LogP contribution in [0, 0.1) is 10.1 Å². The average Bonchev–Trinajstić information content (AvgIpc) is 2.53. The molecule has 1 aromatic carbocycles. The van der Waals surface area contributed by atoms with Crippen molar-refractivity contribution in [3.8, 4) is 0 Å². The summed E-state index contributed by atoms with van der Waals surface area (Å²) in [5.74, 6) is 0. The van der Waals surface area contributed by atoms with Crippen molar-refractivity contribution in [1.82, 2.24) is 0 Å². The highest BCUT2D eigenvalue weighted by atomic mass is 32.2. The number of benzene rings is 1. The monoisotopic (exact) mass is 343 g/mol. The Morgan fingerprint density at radius 1 is 0.957 bits per heavy atom. The van der Waals surface area contributed by atoms with Crippen LogP contribution in [0.5, 0.6) is 0 Å². The van der Waals surface area contributed by atoms with E-state index < -0.39 is 15.0 Å². The van der Waals surface area contributed by atoms with Crippen molar-refractivity contribution in [2.45, 2.75) is 63.2 Å². The van der Waals surface area contributed by atoms with Crippen molar-refractivity contribution in [1.29, 1.82) is 0 Å². The van der Waals surface area contributed by atoms with Crippen molar-refractivity contribution >= 4 is 15.8 Å². The van der Waals surface area contributed by atoms with Gasteiger partial charge >= 0.3 is 0 Å². The number of non-ortho nitro benzene ring substituents is 1. The molecule has 0 aliphatic rings. The summed E-state index contributed by atoms with van der Waals surface area (Å²) in [6.45, 7) is 2.33. The average molecular weight is 343 g/mol. The van der Waals surface area contributed by atoms with E-state index in [1.165, 1.54) is 44.2 Å². The molecule has 0 N–H and O–H groups in total. The highest BCUT2D eigenvalue weighted by molar-refractivity contribution is 7.86. The van der Waals surface area contributed by atoms with Gasteiger partial charge in [0.25, 0.3) is 15.8 Å². The molecule has 6 nitrogen and oxygen atoms in total. The summed E-state index contributed by atoms with van der Waals surface area (Å²) in [7, 11) is -3.83. The second-order valence-corrected chi connectivity index (χ2v) is 7.12. The van der Waals surface area contributed by atoms with E-state index >= 15 is 0 Å². The normalized spacial score (nSPS) is 11.5. The van der Waals surface area contributed by atoms with Crippen LogP contribution in [0.1, 0.15) is 58.3 Å². The van der Waals surface area contributed by atoms with Gasteiger partial charge in [0, 0.05) is 12.1 Å². The highest BCUT2D eigenvalue weighted by Gasteiger charge is 2.16. The van der Waals surface area contributed by atoms with E-state index in [1.807, 2.05) is 0 Å².